The highest BCUT2D eigenvalue weighted by molar-refractivity contribution is 7.89. The number of hydrogen-bond donors (Lipinski definition) is 0. The highest BCUT2D eigenvalue weighted by atomic mass is 32.2. The van der Waals surface area contributed by atoms with Gasteiger partial charge < -0.3 is 4.90 Å². The quantitative estimate of drug-likeness (QED) is 0.745. The minimum absolute atomic E-state index is 0.0914. The monoisotopic (exact) mass is 384 g/mol. The Kier molecular flexibility index (Phi) is 6.08. The van der Waals surface area contributed by atoms with Crippen molar-refractivity contribution in [2.75, 3.05) is 26.2 Å². The van der Waals surface area contributed by atoms with Crippen LogP contribution in [0, 0.1) is 0 Å². The Hall–Kier alpha value is -2.44. The van der Waals surface area contributed by atoms with Gasteiger partial charge in [-0.05, 0) is 35.8 Å². The smallest absolute Gasteiger partial charge is 0.246 e. The molecule has 5 nitrogen and oxygen atoms in total. The number of amides is 1. The van der Waals surface area contributed by atoms with Gasteiger partial charge in [0.05, 0.1) is 4.90 Å². The highest BCUT2D eigenvalue weighted by Gasteiger charge is 2.29. The first-order valence-corrected chi connectivity index (χ1v) is 10.6. The van der Waals surface area contributed by atoms with E-state index in [1.807, 2.05) is 12.1 Å². The maximum absolute atomic E-state index is 12.6. The van der Waals surface area contributed by atoms with Gasteiger partial charge in [0, 0.05) is 32.3 Å². The fourth-order valence-electron chi connectivity index (χ4n) is 3.03. The molecule has 1 fully saturated rings. The molecule has 1 heterocycles. The first-order valence-electron chi connectivity index (χ1n) is 9.12. The Bertz CT molecular complexity index is 898. The van der Waals surface area contributed by atoms with Crippen molar-refractivity contribution in [3.63, 3.8) is 0 Å². The average molecular weight is 385 g/mol. The lowest BCUT2D eigenvalue weighted by atomic mass is 10.1. The van der Waals surface area contributed by atoms with Gasteiger partial charge in [-0.2, -0.15) is 4.31 Å². The molecule has 0 N–H and O–H groups in total. The van der Waals surface area contributed by atoms with E-state index in [2.05, 4.69) is 19.1 Å². The predicted molar refractivity (Wildman–Crippen MR) is 107 cm³/mol. The van der Waals surface area contributed by atoms with Gasteiger partial charge in [0.2, 0.25) is 15.9 Å². The fraction of sp³-hybridized carbons (Fsp3) is 0.286. The Morgan fingerprint density at radius 3 is 2.19 bits per heavy atom. The first-order chi connectivity index (χ1) is 13.0. The molecule has 3 rings (SSSR count). The van der Waals surface area contributed by atoms with Gasteiger partial charge >= 0.3 is 0 Å². The zero-order chi connectivity index (χ0) is 19.3. The molecule has 0 saturated carbocycles. The van der Waals surface area contributed by atoms with Crippen LogP contribution >= 0.6 is 0 Å². The summed E-state index contributed by atoms with van der Waals surface area (Å²) in [5, 5.41) is 0. The third-order valence-corrected chi connectivity index (χ3v) is 6.65. The van der Waals surface area contributed by atoms with Gasteiger partial charge in [-0.25, -0.2) is 8.42 Å². The van der Waals surface area contributed by atoms with Gasteiger partial charge in [-0.1, -0.05) is 49.4 Å². The Morgan fingerprint density at radius 1 is 0.963 bits per heavy atom. The predicted octanol–water partition coefficient (Wildman–Crippen LogP) is 2.80. The molecule has 0 atom stereocenters. The molecule has 0 aromatic heterocycles. The van der Waals surface area contributed by atoms with Crippen molar-refractivity contribution in [2.24, 2.45) is 0 Å². The van der Waals surface area contributed by atoms with Crippen LogP contribution in [0.1, 0.15) is 18.1 Å². The molecule has 1 saturated heterocycles. The first kappa shape index (κ1) is 19.3. The van der Waals surface area contributed by atoms with Gasteiger partial charge in [0.25, 0.3) is 0 Å². The summed E-state index contributed by atoms with van der Waals surface area (Å²) in [7, 11) is -3.50. The number of benzene rings is 2. The molecule has 142 valence electrons. The molecule has 6 heteroatoms. The van der Waals surface area contributed by atoms with E-state index in [4.69, 9.17) is 0 Å². The van der Waals surface area contributed by atoms with Crippen molar-refractivity contribution in [1.82, 2.24) is 9.21 Å². The number of nitrogens with zero attached hydrogens (tertiary/aromatic N) is 2. The molecule has 0 bridgehead atoms. The van der Waals surface area contributed by atoms with Crippen LogP contribution in [-0.2, 0) is 21.2 Å². The summed E-state index contributed by atoms with van der Waals surface area (Å²) in [5.74, 6) is -0.0914. The molecular weight excluding hydrogens is 360 g/mol. The largest absolute Gasteiger partial charge is 0.337 e. The molecule has 1 aliphatic rings. The lowest BCUT2D eigenvalue weighted by molar-refractivity contribution is -0.127. The molecule has 0 aliphatic carbocycles. The van der Waals surface area contributed by atoms with E-state index in [0.717, 1.165) is 12.0 Å². The number of aryl methyl sites for hydroxylation is 1. The number of hydrogen-bond acceptors (Lipinski definition) is 3. The summed E-state index contributed by atoms with van der Waals surface area (Å²) in [6.45, 7) is 3.50. The number of carbonyl (C=O) groups excluding carboxylic acids is 1. The van der Waals surface area contributed by atoms with E-state index in [0.29, 0.717) is 31.1 Å². The lowest BCUT2D eigenvalue weighted by Gasteiger charge is -2.33. The summed E-state index contributed by atoms with van der Waals surface area (Å²) in [6, 6.07) is 16.5. The Balaban J connectivity index is 1.58. The molecule has 1 amide bonds. The molecular formula is C21H24N2O3S. The van der Waals surface area contributed by atoms with Crippen LogP contribution in [-0.4, -0.2) is 49.7 Å². The minimum atomic E-state index is -3.50. The summed E-state index contributed by atoms with van der Waals surface area (Å²) in [4.78, 5) is 14.4. The summed E-state index contributed by atoms with van der Waals surface area (Å²) >= 11 is 0. The Morgan fingerprint density at radius 2 is 1.59 bits per heavy atom. The van der Waals surface area contributed by atoms with Gasteiger partial charge in [0.1, 0.15) is 0 Å². The molecule has 2 aromatic carbocycles. The van der Waals surface area contributed by atoms with Gasteiger partial charge in [-0.15, -0.1) is 0 Å². The van der Waals surface area contributed by atoms with Crippen LogP contribution < -0.4 is 0 Å². The maximum atomic E-state index is 12.6. The second-order valence-electron chi connectivity index (χ2n) is 6.47. The van der Waals surface area contributed by atoms with Crippen molar-refractivity contribution in [2.45, 2.75) is 18.2 Å². The third-order valence-electron chi connectivity index (χ3n) is 4.74. The minimum Gasteiger partial charge on any atom is -0.337 e. The van der Waals surface area contributed by atoms with Crippen molar-refractivity contribution in [1.29, 1.82) is 0 Å². The normalized spacial score (nSPS) is 16.0. The van der Waals surface area contributed by atoms with Crippen LogP contribution in [0.25, 0.3) is 6.08 Å². The molecule has 1 aliphatic heterocycles. The van der Waals surface area contributed by atoms with Crippen LogP contribution in [0.4, 0.5) is 0 Å². The number of sulfonamides is 1. The van der Waals surface area contributed by atoms with Crippen LogP contribution in [0.5, 0.6) is 0 Å². The number of carbonyl (C=O) groups is 1. The average Bonchev–Trinajstić information content (AvgIpc) is 2.73. The summed E-state index contributed by atoms with van der Waals surface area (Å²) in [6.07, 6.45) is 4.34. The van der Waals surface area contributed by atoms with E-state index in [1.165, 1.54) is 9.87 Å². The van der Waals surface area contributed by atoms with E-state index in [-0.39, 0.29) is 5.91 Å². The lowest BCUT2D eigenvalue weighted by Crippen LogP contribution is -2.50. The molecule has 0 unspecified atom stereocenters. The van der Waals surface area contributed by atoms with Crippen molar-refractivity contribution >= 4 is 22.0 Å². The number of rotatable bonds is 5. The van der Waals surface area contributed by atoms with E-state index >= 15 is 0 Å². The highest BCUT2D eigenvalue weighted by Crippen LogP contribution is 2.17. The van der Waals surface area contributed by atoms with Crippen LogP contribution in [0.3, 0.4) is 0 Å². The van der Waals surface area contributed by atoms with E-state index < -0.39 is 10.0 Å². The molecule has 2 aromatic rings. The van der Waals surface area contributed by atoms with Crippen molar-refractivity contribution in [3.05, 3.63) is 71.8 Å². The SMILES string of the molecule is CCc1ccc(/C=C/C(=O)N2CCN(S(=O)(=O)c3ccccc3)CC2)cc1. The van der Waals surface area contributed by atoms with Crippen molar-refractivity contribution in [3.8, 4) is 0 Å². The Labute approximate surface area is 161 Å². The number of piperazine rings is 1. The summed E-state index contributed by atoms with van der Waals surface area (Å²) < 4.78 is 26.7. The third kappa shape index (κ3) is 4.64. The van der Waals surface area contributed by atoms with Crippen LogP contribution in [0.2, 0.25) is 0 Å². The maximum Gasteiger partial charge on any atom is 0.246 e. The summed E-state index contributed by atoms with van der Waals surface area (Å²) in [5.41, 5.74) is 2.24. The molecule has 27 heavy (non-hydrogen) atoms. The van der Waals surface area contributed by atoms with E-state index in [9.17, 15) is 13.2 Å². The van der Waals surface area contributed by atoms with Crippen LogP contribution in [0.15, 0.2) is 65.6 Å². The standard InChI is InChI=1S/C21H24N2O3S/c1-2-18-8-10-19(11-9-18)12-13-21(24)22-14-16-23(17-15-22)27(25,26)20-6-4-3-5-7-20/h3-13H,2,14-17H2,1H3/b13-12+. The van der Waals surface area contributed by atoms with Gasteiger partial charge in [-0.3, -0.25) is 4.79 Å². The van der Waals surface area contributed by atoms with Gasteiger partial charge in [0.15, 0.2) is 0 Å². The van der Waals surface area contributed by atoms with E-state index in [1.54, 1.807) is 47.4 Å². The molecule has 0 spiro atoms. The topological polar surface area (TPSA) is 57.7 Å². The van der Waals surface area contributed by atoms with Crippen molar-refractivity contribution < 1.29 is 13.2 Å². The fourth-order valence-corrected chi connectivity index (χ4v) is 4.47. The second-order valence-corrected chi connectivity index (χ2v) is 8.41. The second kappa shape index (κ2) is 8.50. The zero-order valence-corrected chi connectivity index (χ0v) is 16.2. The molecule has 0 radical (unpaired) electrons. The zero-order valence-electron chi connectivity index (χ0n) is 15.4.